The summed E-state index contributed by atoms with van der Waals surface area (Å²) in [5.41, 5.74) is 5.85. The minimum absolute atomic E-state index is 0.268. The quantitative estimate of drug-likeness (QED) is 0.734. The first kappa shape index (κ1) is 14.8. The van der Waals surface area contributed by atoms with Gasteiger partial charge in [-0.1, -0.05) is 0 Å². The molecule has 2 heterocycles. The molecule has 0 aromatic carbocycles. The van der Waals surface area contributed by atoms with Crippen molar-refractivity contribution in [2.24, 2.45) is 5.73 Å². The standard InChI is InChI=1S/C14H27N3O2/c1-3-19-14(18)13(15)7-9-17-8-6-11-4-5-12(10-17)16(11)2/h11-13H,3-10,15H2,1-2H3. The highest BCUT2D eigenvalue weighted by atomic mass is 16.5. The Labute approximate surface area is 116 Å². The van der Waals surface area contributed by atoms with Crippen LogP contribution in [0.25, 0.3) is 0 Å². The molecule has 0 aliphatic carbocycles. The van der Waals surface area contributed by atoms with E-state index in [-0.39, 0.29) is 5.97 Å². The molecule has 0 aromatic rings. The third kappa shape index (κ3) is 3.68. The predicted molar refractivity (Wildman–Crippen MR) is 74.9 cm³/mol. The zero-order chi connectivity index (χ0) is 13.8. The van der Waals surface area contributed by atoms with Gasteiger partial charge in [-0.15, -0.1) is 0 Å². The molecule has 2 rings (SSSR count). The first-order valence-corrected chi connectivity index (χ1v) is 7.48. The molecular weight excluding hydrogens is 242 g/mol. The Morgan fingerprint density at radius 3 is 2.84 bits per heavy atom. The molecule has 2 N–H and O–H groups in total. The molecule has 2 bridgehead atoms. The average Bonchev–Trinajstić information content (AvgIpc) is 2.62. The van der Waals surface area contributed by atoms with E-state index in [0.29, 0.717) is 19.1 Å². The van der Waals surface area contributed by atoms with Gasteiger partial charge >= 0.3 is 5.97 Å². The summed E-state index contributed by atoms with van der Waals surface area (Å²) >= 11 is 0. The smallest absolute Gasteiger partial charge is 0.322 e. The van der Waals surface area contributed by atoms with Gasteiger partial charge in [-0.25, -0.2) is 0 Å². The van der Waals surface area contributed by atoms with Crippen LogP contribution in [0.1, 0.15) is 32.6 Å². The highest BCUT2D eigenvalue weighted by molar-refractivity contribution is 5.75. The number of ether oxygens (including phenoxy) is 1. The molecule has 5 nitrogen and oxygen atoms in total. The summed E-state index contributed by atoms with van der Waals surface area (Å²) in [6, 6.07) is 0.971. The van der Waals surface area contributed by atoms with Crippen molar-refractivity contribution < 1.29 is 9.53 Å². The lowest BCUT2D eigenvalue weighted by Gasteiger charge is -2.26. The molecule has 0 spiro atoms. The molecule has 0 amide bonds. The fraction of sp³-hybridized carbons (Fsp3) is 0.929. The number of hydrogen-bond acceptors (Lipinski definition) is 5. The van der Waals surface area contributed by atoms with Crippen molar-refractivity contribution in [3.8, 4) is 0 Å². The van der Waals surface area contributed by atoms with E-state index in [1.807, 2.05) is 6.92 Å². The van der Waals surface area contributed by atoms with Crippen LogP contribution in [-0.2, 0) is 9.53 Å². The van der Waals surface area contributed by atoms with Gasteiger partial charge in [0.2, 0.25) is 0 Å². The summed E-state index contributed by atoms with van der Waals surface area (Å²) in [6.45, 7) is 5.36. The van der Waals surface area contributed by atoms with Gasteiger partial charge in [-0.2, -0.15) is 0 Å². The van der Waals surface area contributed by atoms with Crippen molar-refractivity contribution in [1.82, 2.24) is 9.80 Å². The second-order valence-corrected chi connectivity index (χ2v) is 5.79. The second-order valence-electron chi connectivity index (χ2n) is 5.79. The summed E-state index contributed by atoms with van der Waals surface area (Å²) in [5, 5.41) is 0. The van der Waals surface area contributed by atoms with Crippen LogP contribution in [0.5, 0.6) is 0 Å². The molecule has 2 saturated heterocycles. The van der Waals surface area contributed by atoms with Gasteiger partial charge in [0.1, 0.15) is 6.04 Å². The lowest BCUT2D eigenvalue weighted by molar-refractivity contribution is -0.144. The van der Waals surface area contributed by atoms with E-state index in [0.717, 1.165) is 25.7 Å². The zero-order valence-corrected chi connectivity index (χ0v) is 12.2. The lowest BCUT2D eigenvalue weighted by atomic mass is 10.1. The SMILES string of the molecule is CCOC(=O)C(N)CCN1CCC2CCC(C1)N2C. The number of likely N-dealkylation sites (N-methyl/N-ethyl adjacent to an activating group) is 1. The first-order chi connectivity index (χ1) is 9.11. The lowest BCUT2D eigenvalue weighted by Crippen LogP contribution is -2.40. The minimum Gasteiger partial charge on any atom is -0.465 e. The van der Waals surface area contributed by atoms with Gasteiger partial charge in [0, 0.05) is 25.2 Å². The molecule has 0 radical (unpaired) electrons. The fourth-order valence-electron chi connectivity index (χ4n) is 3.27. The van der Waals surface area contributed by atoms with E-state index in [9.17, 15) is 4.79 Å². The summed E-state index contributed by atoms with van der Waals surface area (Å²) in [5.74, 6) is -0.268. The largest absolute Gasteiger partial charge is 0.465 e. The number of carbonyl (C=O) groups excluding carboxylic acids is 1. The Balaban J connectivity index is 1.76. The Morgan fingerprint density at radius 2 is 2.11 bits per heavy atom. The highest BCUT2D eigenvalue weighted by Gasteiger charge is 2.34. The van der Waals surface area contributed by atoms with Crippen LogP contribution < -0.4 is 5.73 Å². The topological polar surface area (TPSA) is 58.8 Å². The van der Waals surface area contributed by atoms with Crippen LogP contribution in [0.3, 0.4) is 0 Å². The number of fused-ring (bicyclic) bond motifs is 2. The number of carbonyl (C=O) groups is 1. The van der Waals surface area contributed by atoms with Gasteiger partial charge in [0.05, 0.1) is 6.61 Å². The molecule has 2 fully saturated rings. The Hall–Kier alpha value is -0.650. The molecular formula is C14H27N3O2. The van der Waals surface area contributed by atoms with Crippen LogP contribution in [0.2, 0.25) is 0 Å². The van der Waals surface area contributed by atoms with Crippen LogP contribution in [0.4, 0.5) is 0 Å². The van der Waals surface area contributed by atoms with Crippen molar-refractivity contribution in [3.05, 3.63) is 0 Å². The van der Waals surface area contributed by atoms with Crippen LogP contribution in [-0.4, -0.2) is 67.2 Å². The number of likely N-dealkylation sites (tertiary alicyclic amines) is 1. The second kappa shape index (κ2) is 6.68. The third-order valence-corrected chi connectivity index (χ3v) is 4.58. The molecule has 110 valence electrons. The van der Waals surface area contributed by atoms with Gasteiger partial charge in [0.25, 0.3) is 0 Å². The predicted octanol–water partition coefficient (Wildman–Crippen LogP) is 0.435. The van der Waals surface area contributed by atoms with Gasteiger partial charge in [-0.05, 0) is 46.2 Å². The Kier molecular flexibility index (Phi) is 5.19. The zero-order valence-electron chi connectivity index (χ0n) is 12.2. The van der Waals surface area contributed by atoms with Crippen molar-refractivity contribution in [2.75, 3.05) is 33.3 Å². The van der Waals surface area contributed by atoms with Crippen molar-refractivity contribution >= 4 is 5.97 Å². The van der Waals surface area contributed by atoms with Crippen LogP contribution >= 0.6 is 0 Å². The van der Waals surface area contributed by atoms with E-state index >= 15 is 0 Å². The summed E-state index contributed by atoms with van der Waals surface area (Å²) < 4.78 is 4.94. The maximum Gasteiger partial charge on any atom is 0.322 e. The first-order valence-electron chi connectivity index (χ1n) is 7.48. The normalized spacial score (nSPS) is 30.1. The van der Waals surface area contributed by atoms with E-state index < -0.39 is 6.04 Å². The molecule has 0 saturated carbocycles. The molecule has 2 aliphatic heterocycles. The third-order valence-electron chi connectivity index (χ3n) is 4.58. The summed E-state index contributed by atoms with van der Waals surface area (Å²) in [6.07, 6.45) is 4.58. The van der Waals surface area contributed by atoms with E-state index in [4.69, 9.17) is 10.5 Å². The van der Waals surface area contributed by atoms with Crippen molar-refractivity contribution in [2.45, 2.75) is 50.7 Å². The van der Waals surface area contributed by atoms with E-state index in [1.54, 1.807) is 0 Å². The number of hydrogen-bond donors (Lipinski definition) is 1. The average molecular weight is 269 g/mol. The maximum absolute atomic E-state index is 11.5. The number of rotatable bonds is 5. The Bertz CT molecular complexity index is 311. The van der Waals surface area contributed by atoms with Crippen molar-refractivity contribution in [3.63, 3.8) is 0 Å². The van der Waals surface area contributed by atoms with Gasteiger partial charge in [0.15, 0.2) is 0 Å². The van der Waals surface area contributed by atoms with Crippen molar-refractivity contribution in [1.29, 1.82) is 0 Å². The number of esters is 1. The van der Waals surface area contributed by atoms with Gasteiger partial charge < -0.3 is 15.4 Å². The maximum atomic E-state index is 11.5. The summed E-state index contributed by atoms with van der Waals surface area (Å²) in [4.78, 5) is 16.5. The summed E-state index contributed by atoms with van der Waals surface area (Å²) in [7, 11) is 2.25. The monoisotopic (exact) mass is 269 g/mol. The fourth-order valence-corrected chi connectivity index (χ4v) is 3.27. The molecule has 2 aliphatic rings. The molecule has 0 aromatic heterocycles. The molecule has 3 unspecified atom stereocenters. The Morgan fingerprint density at radius 1 is 1.37 bits per heavy atom. The van der Waals surface area contributed by atoms with E-state index in [2.05, 4.69) is 16.8 Å². The van der Waals surface area contributed by atoms with Crippen LogP contribution in [0, 0.1) is 0 Å². The number of nitrogens with two attached hydrogens (primary N) is 1. The highest BCUT2D eigenvalue weighted by Crippen LogP contribution is 2.28. The van der Waals surface area contributed by atoms with Crippen LogP contribution in [0.15, 0.2) is 0 Å². The molecule has 19 heavy (non-hydrogen) atoms. The minimum atomic E-state index is -0.474. The molecule has 3 atom stereocenters. The van der Waals surface area contributed by atoms with E-state index in [1.165, 1.54) is 19.3 Å². The van der Waals surface area contributed by atoms with Gasteiger partial charge in [-0.3, -0.25) is 9.69 Å². The number of nitrogens with zero attached hydrogens (tertiary/aromatic N) is 2. The molecule has 5 heteroatoms.